The van der Waals surface area contributed by atoms with E-state index in [4.69, 9.17) is 10.5 Å². The first-order chi connectivity index (χ1) is 7.69. The van der Waals surface area contributed by atoms with Crippen LogP contribution in [-0.2, 0) is 6.54 Å². The molecule has 0 saturated carbocycles. The zero-order valence-electron chi connectivity index (χ0n) is 8.18. The zero-order valence-corrected chi connectivity index (χ0v) is 10.6. The van der Waals surface area contributed by atoms with Crippen molar-refractivity contribution >= 4 is 27.3 Å². The molecule has 0 amide bonds. The second kappa shape index (κ2) is 4.82. The van der Waals surface area contributed by atoms with Crippen LogP contribution in [0, 0.1) is 0 Å². The number of aromatic nitrogens is 1. The van der Waals surface area contributed by atoms with E-state index in [1.54, 1.807) is 18.2 Å². The molecule has 0 saturated heterocycles. The van der Waals surface area contributed by atoms with Crippen LogP contribution in [0.5, 0.6) is 16.7 Å². The quantitative estimate of drug-likeness (QED) is 0.914. The first kappa shape index (κ1) is 11.4. The lowest BCUT2D eigenvalue weighted by atomic mass is 10.3. The van der Waals surface area contributed by atoms with Crippen LogP contribution in [0.15, 0.2) is 28.9 Å². The van der Waals surface area contributed by atoms with E-state index in [-0.39, 0.29) is 5.75 Å². The third kappa shape index (κ3) is 2.52. The maximum absolute atomic E-state index is 9.27. The summed E-state index contributed by atoms with van der Waals surface area (Å²) in [5, 5.41) is 9.77. The number of rotatable bonds is 3. The highest BCUT2D eigenvalue weighted by Crippen LogP contribution is 2.32. The number of phenols is 1. The van der Waals surface area contributed by atoms with E-state index in [1.165, 1.54) is 17.4 Å². The van der Waals surface area contributed by atoms with E-state index in [9.17, 15) is 5.11 Å². The smallest absolute Gasteiger partial charge is 0.280 e. The van der Waals surface area contributed by atoms with Gasteiger partial charge in [-0.1, -0.05) is 17.4 Å². The summed E-state index contributed by atoms with van der Waals surface area (Å²) < 4.78 is 6.19. The van der Waals surface area contributed by atoms with Gasteiger partial charge in [-0.3, -0.25) is 0 Å². The minimum atomic E-state index is 0.159. The summed E-state index contributed by atoms with van der Waals surface area (Å²) in [6.45, 7) is 0.418. The van der Waals surface area contributed by atoms with Gasteiger partial charge in [-0.2, -0.15) is 4.98 Å². The topological polar surface area (TPSA) is 68.4 Å². The summed E-state index contributed by atoms with van der Waals surface area (Å²) in [6, 6.07) is 6.56. The second-order valence-electron chi connectivity index (χ2n) is 3.00. The molecule has 0 aliphatic heterocycles. The number of ether oxygens (including phenoxy) is 1. The molecule has 0 atom stereocenters. The fourth-order valence-corrected chi connectivity index (χ4v) is 2.51. The van der Waals surface area contributed by atoms with E-state index in [0.29, 0.717) is 22.1 Å². The summed E-state index contributed by atoms with van der Waals surface area (Å²) in [7, 11) is 0. The number of benzene rings is 1. The molecule has 0 aliphatic carbocycles. The minimum Gasteiger partial charge on any atom is -0.508 e. The van der Waals surface area contributed by atoms with Crippen molar-refractivity contribution in [2.75, 3.05) is 0 Å². The largest absolute Gasteiger partial charge is 0.508 e. The molecule has 0 unspecified atom stereocenters. The van der Waals surface area contributed by atoms with Gasteiger partial charge in [0.15, 0.2) is 0 Å². The summed E-state index contributed by atoms with van der Waals surface area (Å²) in [5.74, 6) is 0.706. The Morgan fingerprint density at radius 1 is 1.50 bits per heavy atom. The van der Waals surface area contributed by atoms with E-state index in [1.807, 2.05) is 0 Å². The molecule has 84 valence electrons. The van der Waals surface area contributed by atoms with E-state index >= 15 is 0 Å². The molecule has 2 rings (SSSR count). The molecule has 1 aromatic carbocycles. The van der Waals surface area contributed by atoms with Crippen LogP contribution < -0.4 is 10.5 Å². The molecule has 4 nitrogen and oxygen atoms in total. The first-order valence-corrected chi connectivity index (χ1v) is 6.12. The molecule has 16 heavy (non-hydrogen) atoms. The van der Waals surface area contributed by atoms with Crippen LogP contribution in [-0.4, -0.2) is 10.1 Å². The van der Waals surface area contributed by atoms with Crippen molar-refractivity contribution in [3.63, 3.8) is 0 Å². The number of phenolic OH excluding ortho intramolecular Hbond substituents is 1. The lowest BCUT2D eigenvalue weighted by Gasteiger charge is -2.00. The van der Waals surface area contributed by atoms with Crippen LogP contribution in [0.3, 0.4) is 0 Å². The normalized spacial score (nSPS) is 10.4. The predicted octanol–water partition coefficient (Wildman–Crippen LogP) is 2.86. The van der Waals surface area contributed by atoms with Crippen molar-refractivity contribution in [3.05, 3.63) is 33.7 Å². The van der Waals surface area contributed by atoms with Gasteiger partial charge in [0.1, 0.15) is 16.1 Å². The van der Waals surface area contributed by atoms with Crippen molar-refractivity contribution in [2.24, 2.45) is 5.73 Å². The molecule has 1 aromatic heterocycles. The SMILES string of the molecule is NCc1sc(Oc2cccc(O)c2)nc1Br. The molecule has 2 aromatic rings. The fourth-order valence-electron chi connectivity index (χ4n) is 1.13. The number of thiazole rings is 1. The second-order valence-corrected chi connectivity index (χ2v) is 4.79. The Hall–Kier alpha value is -1.11. The molecule has 0 radical (unpaired) electrons. The Labute approximate surface area is 105 Å². The molecule has 1 heterocycles. The van der Waals surface area contributed by atoms with Gasteiger partial charge in [0.2, 0.25) is 0 Å². The number of hydrogen-bond acceptors (Lipinski definition) is 5. The Balaban J connectivity index is 2.20. The third-order valence-electron chi connectivity index (χ3n) is 1.84. The van der Waals surface area contributed by atoms with Gasteiger partial charge in [-0.15, -0.1) is 0 Å². The molecule has 0 fully saturated rings. The van der Waals surface area contributed by atoms with Crippen LogP contribution in [0.25, 0.3) is 0 Å². The molecule has 6 heteroatoms. The number of halogens is 1. The number of nitrogens with zero attached hydrogens (tertiary/aromatic N) is 1. The first-order valence-electron chi connectivity index (χ1n) is 4.51. The highest BCUT2D eigenvalue weighted by atomic mass is 79.9. The Morgan fingerprint density at radius 3 is 2.94 bits per heavy atom. The molecule has 0 aliphatic rings. The highest BCUT2D eigenvalue weighted by molar-refractivity contribution is 9.10. The van der Waals surface area contributed by atoms with E-state index in [0.717, 1.165) is 4.88 Å². The maximum atomic E-state index is 9.27. The monoisotopic (exact) mass is 300 g/mol. The molecular formula is C10H9BrN2O2S. The van der Waals surface area contributed by atoms with Crippen molar-refractivity contribution < 1.29 is 9.84 Å². The fraction of sp³-hybridized carbons (Fsp3) is 0.100. The highest BCUT2D eigenvalue weighted by Gasteiger charge is 2.09. The summed E-state index contributed by atoms with van der Waals surface area (Å²) >= 11 is 4.67. The van der Waals surface area contributed by atoms with Crippen LogP contribution in [0.2, 0.25) is 0 Å². The standard InChI is InChI=1S/C10H9BrN2O2S/c11-9-8(5-12)16-10(13-9)15-7-3-1-2-6(14)4-7/h1-4,14H,5,12H2. The van der Waals surface area contributed by atoms with Gasteiger partial charge in [-0.25, -0.2) is 0 Å². The van der Waals surface area contributed by atoms with E-state index < -0.39 is 0 Å². The summed E-state index contributed by atoms with van der Waals surface area (Å²) in [5.41, 5.74) is 5.53. The number of aromatic hydroxyl groups is 1. The van der Waals surface area contributed by atoms with Gasteiger partial charge in [0.25, 0.3) is 5.19 Å². The average Bonchev–Trinajstić information content (AvgIpc) is 2.58. The zero-order chi connectivity index (χ0) is 11.5. The Bertz CT molecular complexity index is 501. The Morgan fingerprint density at radius 2 is 2.31 bits per heavy atom. The number of nitrogens with two attached hydrogens (primary N) is 1. The summed E-state index contributed by atoms with van der Waals surface area (Å²) in [4.78, 5) is 5.08. The number of hydrogen-bond donors (Lipinski definition) is 2. The van der Waals surface area contributed by atoms with E-state index in [2.05, 4.69) is 20.9 Å². The van der Waals surface area contributed by atoms with Crippen molar-refractivity contribution in [1.82, 2.24) is 4.98 Å². The average molecular weight is 301 g/mol. The maximum Gasteiger partial charge on any atom is 0.280 e. The van der Waals surface area contributed by atoms with Crippen molar-refractivity contribution in [1.29, 1.82) is 0 Å². The lowest BCUT2D eigenvalue weighted by molar-refractivity contribution is 0.453. The summed E-state index contributed by atoms with van der Waals surface area (Å²) in [6.07, 6.45) is 0. The van der Waals surface area contributed by atoms with Crippen molar-refractivity contribution in [3.8, 4) is 16.7 Å². The predicted molar refractivity (Wildman–Crippen MR) is 65.9 cm³/mol. The van der Waals surface area contributed by atoms with Crippen LogP contribution >= 0.6 is 27.3 Å². The molecule has 0 bridgehead atoms. The van der Waals surface area contributed by atoms with Crippen molar-refractivity contribution in [2.45, 2.75) is 6.54 Å². The third-order valence-corrected chi connectivity index (χ3v) is 3.71. The van der Waals surface area contributed by atoms with Crippen LogP contribution in [0.1, 0.15) is 4.88 Å². The molecular weight excluding hydrogens is 292 g/mol. The van der Waals surface area contributed by atoms with Gasteiger partial charge in [0.05, 0.1) is 4.88 Å². The molecule has 3 N–H and O–H groups in total. The Kier molecular flexibility index (Phi) is 3.42. The van der Waals surface area contributed by atoms with Crippen LogP contribution in [0.4, 0.5) is 0 Å². The van der Waals surface area contributed by atoms with Gasteiger partial charge in [-0.05, 0) is 28.1 Å². The van der Waals surface area contributed by atoms with Gasteiger partial charge < -0.3 is 15.6 Å². The van der Waals surface area contributed by atoms with Gasteiger partial charge in [0, 0.05) is 12.6 Å². The molecule has 0 spiro atoms. The minimum absolute atomic E-state index is 0.159. The van der Waals surface area contributed by atoms with Gasteiger partial charge >= 0.3 is 0 Å². The lowest BCUT2D eigenvalue weighted by Crippen LogP contribution is -1.92.